The van der Waals surface area contributed by atoms with E-state index in [1.165, 1.54) is 6.07 Å². The Kier molecular flexibility index (Phi) is 5.64. The van der Waals surface area contributed by atoms with Gasteiger partial charge in [0.2, 0.25) is 0 Å². The van der Waals surface area contributed by atoms with E-state index in [4.69, 9.17) is 4.74 Å². The van der Waals surface area contributed by atoms with Gasteiger partial charge in [-0.1, -0.05) is 27.2 Å². The molecule has 1 heterocycles. The normalized spacial score (nSPS) is 11.3. The third kappa shape index (κ3) is 3.61. The summed E-state index contributed by atoms with van der Waals surface area (Å²) < 4.78 is 21.7. The van der Waals surface area contributed by atoms with E-state index >= 15 is 0 Å². The van der Waals surface area contributed by atoms with E-state index in [9.17, 15) is 9.18 Å². The maximum Gasteiger partial charge on any atom is 0.152 e. The molecular formula is C23H26FNO2. The van der Waals surface area contributed by atoms with Crippen LogP contribution in [0.5, 0.6) is 5.75 Å². The van der Waals surface area contributed by atoms with Gasteiger partial charge in [0.15, 0.2) is 6.29 Å². The second kappa shape index (κ2) is 7.95. The van der Waals surface area contributed by atoms with Crippen molar-refractivity contribution < 1.29 is 13.9 Å². The van der Waals surface area contributed by atoms with Crippen LogP contribution in [-0.4, -0.2) is 17.5 Å². The molecule has 0 spiro atoms. The lowest BCUT2D eigenvalue weighted by molar-refractivity contribution is 0.112. The predicted molar refractivity (Wildman–Crippen MR) is 108 cm³/mol. The van der Waals surface area contributed by atoms with Crippen LogP contribution in [0.15, 0.2) is 36.4 Å². The van der Waals surface area contributed by atoms with Crippen LogP contribution >= 0.6 is 0 Å². The van der Waals surface area contributed by atoms with Crippen LogP contribution in [-0.2, 0) is 0 Å². The molecule has 0 N–H and O–H groups in total. The highest BCUT2D eigenvalue weighted by atomic mass is 19.1. The molecular weight excluding hydrogens is 341 g/mol. The quantitative estimate of drug-likeness (QED) is 0.368. The standard InChI is InChI=1S/C23H26FNO2/c1-5-6-11-27-18-8-10-22-19(13-18)20(14-26)23(15(2)3)25(22)17-7-9-21(24)16(4)12-17/h7-10,12-15H,5-6,11H2,1-4H3. The number of fused-ring (bicyclic) bond motifs is 1. The lowest BCUT2D eigenvalue weighted by Crippen LogP contribution is -2.04. The number of hydrogen-bond acceptors (Lipinski definition) is 2. The van der Waals surface area contributed by atoms with Gasteiger partial charge in [0.25, 0.3) is 0 Å². The van der Waals surface area contributed by atoms with Gasteiger partial charge in [-0.05, 0) is 61.2 Å². The molecule has 0 bridgehead atoms. The van der Waals surface area contributed by atoms with E-state index in [0.29, 0.717) is 17.7 Å². The fourth-order valence-electron chi connectivity index (χ4n) is 3.48. The van der Waals surface area contributed by atoms with Crippen molar-refractivity contribution in [3.05, 3.63) is 59.0 Å². The van der Waals surface area contributed by atoms with Crippen LogP contribution in [0.1, 0.15) is 61.1 Å². The van der Waals surface area contributed by atoms with Crippen molar-refractivity contribution in [3.8, 4) is 11.4 Å². The average molecular weight is 367 g/mol. The van der Waals surface area contributed by atoms with Crippen LogP contribution in [0.2, 0.25) is 0 Å². The number of hydrogen-bond donors (Lipinski definition) is 0. The molecule has 0 saturated heterocycles. The molecule has 0 fully saturated rings. The fourth-order valence-corrected chi connectivity index (χ4v) is 3.48. The first-order chi connectivity index (χ1) is 13.0. The number of ether oxygens (including phenoxy) is 1. The summed E-state index contributed by atoms with van der Waals surface area (Å²) in [6, 6.07) is 10.9. The van der Waals surface area contributed by atoms with Gasteiger partial charge in [-0.2, -0.15) is 0 Å². The fraction of sp³-hybridized carbons (Fsp3) is 0.348. The number of aromatic nitrogens is 1. The molecule has 27 heavy (non-hydrogen) atoms. The van der Waals surface area contributed by atoms with Crippen molar-refractivity contribution in [2.24, 2.45) is 0 Å². The summed E-state index contributed by atoms with van der Waals surface area (Å²) in [6.07, 6.45) is 2.98. The summed E-state index contributed by atoms with van der Waals surface area (Å²) in [7, 11) is 0. The van der Waals surface area contributed by atoms with Crippen molar-refractivity contribution in [2.45, 2.75) is 46.5 Å². The maximum absolute atomic E-state index is 13.8. The Morgan fingerprint density at radius 1 is 1.19 bits per heavy atom. The van der Waals surface area contributed by atoms with Crippen molar-refractivity contribution >= 4 is 17.2 Å². The number of carbonyl (C=O) groups is 1. The summed E-state index contributed by atoms with van der Waals surface area (Å²) >= 11 is 0. The monoisotopic (exact) mass is 367 g/mol. The van der Waals surface area contributed by atoms with Gasteiger partial charge in [0.1, 0.15) is 11.6 Å². The van der Waals surface area contributed by atoms with Crippen molar-refractivity contribution in [2.75, 3.05) is 6.61 Å². The van der Waals surface area contributed by atoms with E-state index in [1.807, 2.05) is 24.3 Å². The number of nitrogens with zero attached hydrogens (tertiary/aromatic N) is 1. The van der Waals surface area contributed by atoms with Gasteiger partial charge in [0.05, 0.1) is 12.1 Å². The zero-order chi connectivity index (χ0) is 19.6. The van der Waals surface area contributed by atoms with E-state index in [1.54, 1.807) is 13.0 Å². The van der Waals surface area contributed by atoms with Crippen LogP contribution in [0.4, 0.5) is 4.39 Å². The molecule has 0 amide bonds. The molecule has 0 aliphatic carbocycles. The second-order valence-corrected chi connectivity index (χ2v) is 7.22. The summed E-state index contributed by atoms with van der Waals surface area (Å²) in [5.74, 6) is 0.665. The van der Waals surface area contributed by atoms with Gasteiger partial charge in [-0.15, -0.1) is 0 Å². The molecule has 0 aliphatic heterocycles. The molecule has 3 aromatic rings. The Balaban J connectivity index is 2.23. The highest BCUT2D eigenvalue weighted by Crippen LogP contribution is 2.35. The van der Waals surface area contributed by atoms with Gasteiger partial charge in [-0.25, -0.2) is 4.39 Å². The number of rotatable bonds is 7. The van der Waals surface area contributed by atoms with Crippen LogP contribution in [0, 0.1) is 12.7 Å². The van der Waals surface area contributed by atoms with Crippen LogP contribution < -0.4 is 4.74 Å². The van der Waals surface area contributed by atoms with E-state index in [-0.39, 0.29) is 11.7 Å². The molecule has 4 heteroatoms. The van der Waals surface area contributed by atoms with E-state index < -0.39 is 0 Å². The minimum absolute atomic E-state index is 0.132. The highest BCUT2D eigenvalue weighted by Gasteiger charge is 2.21. The minimum Gasteiger partial charge on any atom is -0.494 e. The number of aryl methyl sites for hydroxylation is 1. The van der Waals surface area contributed by atoms with Gasteiger partial charge in [-0.3, -0.25) is 4.79 Å². The summed E-state index contributed by atoms with van der Waals surface area (Å²) in [5.41, 5.74) is 3.96. The lowest BCUT2D eigenvalue weighted by atomic mass is 10.0. The second-order valence-electron chi connectivity index (χ2n) is 7.22. The Morgan fingerprint density at radius 2 is 1.96 bits per heavy atom. The molecule has 0 atom stereocenters. The number of benzene rings is 2. The number of carbonyl (C=O) groups excluding carboxylic acids is 1. The summed E-state index contributed by atoms with van der Waals surface area (Å²) in [5, 5.41) is 0.865. The number of aldehydes is 1. The van der Waals surface area contributed by atoms with E-state index in [0.717, 1.165) is 47.2 Å². The largest absolute Gasteiger partial charge is 0.494 e. The first kappa shape index (κ1) is 19.2. The molecule has 2 aromatic carbocycles. The topological polar surface area (TPSA) is 31.2 Å². The van der Waals surface area contributed by atoms with Crippen molar-refractivity contribution in [1.82, 2.24) is 4.57 Å². The third-order valence-corrected chi connectivity index (χ3v) is 4.85. The van der Waals surface area contributed by atoms with Gasteiger partial charge < -0.3 is 9.30 Å². The average Bonchev–Trinajstić information content (AvgIpc) is 2.98. The Bertz CT molecular complexity index is 972. The lowest BCUT2D eigenvalue weighted by Gasteiger charge is -2.15. The molecule has 0 saturated carbocycles. The minimum atomic E-state index is -0.233. The summed E-state index contributed by atoms with van der Waals surface area (Å²) in [4.78, 5) is 12.0. The molecule has 3 nitrogen and oxygen atoms in total. The Hall–Kier alpha value is -2.62. The number of unbranched alkanes of at least 4 members (excludes halogenated alkanes) is 1. The van der Waals surface area contributed by atoms with Crippen LogP contribution in [0.25, 0.3) is 16.6 Å². The zero-order valence-corrected chi connectivity index (χ0v) is 16.4. The summed E-state index contributed by atoms with van der Waals surface area (Å²) in [6.45, 7) is 8.66. The van der Waals surface area contributed by atoms with Crippen molar-refractivity contribution in [3.63, 3.8) is 0 Å². The molecule has 0 aliphatic rings. The van der Waals surface area contributed by atoms with E-state index in [2.05, 4.69) is 25.3 Å². The first-order valence-electron chi connectivity index (χ1n) is 9.50. The molecule has 142 valence electrons. The van der Waals surface area contributed by atoms with Gasteiger partial charge >= 0.3 is 0 Å². The predicted octanol–water partition coefficient (Wildman–Crippen LogP) is 6.19. The maximum atomic E-state index is 13.8. The highest BCUT2D eigenvalue weighted by molar-refractivity contribution is 6.01. The third-order valence-electron chi connectivity index (χ3n) is 4.85. The zero-order valence-electron chi connectivity index (χ0n) is 16.4. The number of halogens is 1. The molecule has 3 rings (SSSR count). The van der Waals surface area contributed by atoms with Gasteiger partial charge in [0, 0.05) is 22.3 Å². The SMILES string of the molecule is CCCCOc1ccc2c(c1)c(C=O)c(C(C)C)n2-c1ccc(F)c(C)c1. The first-order valence-corrected chi connectivity index (χ1v) is 9.50. The molecule has 0 radical (unpaired) electrons. The van der Waals surface area contributed by atoms with Crippen molar-refractivity contribution in [1.29, 1.82) is 0 Å². The Morgan fingerprint density at radius 3 is 2.59 bits per heavy atom. The molecule has 0 unspecified atom stereocenters. The molecule has 1 aromatic heterocycles. The smallest absolute Gasteiger partial charge is 0.152 e. The van der Waals surface area contributed by atoms with Crippen LogP contribution in [0.3, 0.4) is 0 Å². The Labute approximate surface area is 159 Å².